The second-order valence-electron chi connectivity index (χ2n) is 5.07. The summed E-state index contributed by atoms with van der Waals surface area (Å²) in [6, 6.07) is 0.595. The minimum Gasteiger partial charge on any atom is -0.480 e. The first-order valence-corrected chi connectivity index (χ1v) is 7.15. The molecular weight excluding hydrogens is 288 g/mol. The SMILES string of the molecule is CCc1oc(C(=O)N(CCNC(C)=O)C(C)C(=O)O)cc1C. The molecule has 0 aliphatic rings. The fraction of sp³-hybridized carbons (Fsp3) is 0.533. The van der Waals surface area contributed by atoms with Crippen LogP contribution in [-0.4, -0.2) is 46.9 Å². The fourth-order valence-corrected chi connectivity index (χ4v) is 2.07. The maximum absolute atomic E-state index is 12.5. The molecule has 7 nitrogen and oxygen atoms in total. The Kier molecular flexibility index (Phi) is 6.15. The summed E-state index contributed by atoms with van der Waals surface area (Å²) in [4.78, 5) is 35.8. The van der Waals surface area contributed by atoms with Gasteiger partial charge in [0.1, 0.15) is 11.8 Å². The van der Waals surface area contributed by atoms with Crippen LogP contribution in [0.4, 0.5) is 0 Å². The van der Waals surface area contributed by atoms with Gasteiger partial charge in [-0.15, -0.1) is 0 Å². The average molecular weight is 310 g/mol. The van der Waals surface area contributed by atoms with E-state index in [4.69, 9.17) is 9.52 Å². The number of hydrogen-bond donors (Lipinski definition) is 2. The van der Waals surface area contributed by atoms with Crippen molar-refractivity contribution in [1.82, 2.24) is 10.2 Å². The molecular formula is C15H22N2O5. The molecule has 0 bridgehead atoms. The number of furan rings is 1. The summed E-state index contributed by atoms with van der Waals surface area (Å²) in [6.45, 7) is 6.79. The van der Waals surface area contributed by atoms with Crippen LogP contribution in [0.2, 0.25) is 0 Å². The van der Waals surface area contributed by atoms with Crippen LogP contribution in [0.1, 0.15) is 42.6 Å². The number of aliphatic carboxylic acids is 1. The largest absolute Gasteiger partial charge is 0.480 e. The van der Waals surface area contributed by atoms with E-state index in [1.54, 1.807) is 6.07 Å². The number of nitrogens with one attached hydrogen (secondary N) is 1. The van der Waals surface area contributed by atoms with Crippen molar-refractivity contribution in [3.63, 3.8) is 0 Å². The highest BCUT2D eigenvalue weighted by molar-refractivity contribution is 5.94. The van der Waals surface area contributed by atoms with E-state index in [-0.39, 0.29) is 24.8 Å². The van der Waals surface area contributed by atoms with Crippen molar-refractivity contribution in [2.24, 2.45) is 0 Å². The van der Waals surface area contributed by atoms with Gasteiger partial charge in [-0.25, -0.2) is 4.79 Å². The van der Waals surface area contributed by atoms with Crippen LogP contribution in [0.25, 0.3) is 0 Å². The molecule has 2 N–H and O–H groups in total. The lowest BCUT2D eigenvalue weighted by atomic mass is 10.2. The van der Waals surface area contributed by atoms with Crippen LogP contribution in [0, 0.1) is 6.92 Å². The predicted molar refractivity (Wildman–Crippen MR) is 79.6 cm³/mol. The Bertz CT molecular complexity index is 564. The summed E-state index contributed by atoms with van der Waals surface area (Å²) >= 11 is 0. The highest BCUT2D eigenvalue weighted by atomic mass is 16.4. The predicted octanol–water partition coefficient (Wildman–Crippen LogP) is 1.20. The van der Waals surface area contributed by atoms with Gasteiger partial charge in [0.15, 0.2) is 5.76 Å². The van der Waals surface area contributed by atoms with Gasteiger partial charge in [0.25, 0.3) is 5.91 Å². The van der Waals surface area contributed by atoms with Gasteiger partial charge in [-0.05, 0) is 25.5 Å². The number of carbonyl (C=O) groups excluding carboxylic acids is 2. The molecule has 1 aromatic rings. The third kappa shape index (κ3) is 4.34. The van der Waals surface area contributed by atoms with Gasteiger partial charge < -0.3 is 19.7 Å². The Morgan fingerprint density at radius 2 is 2.05 bits per heavy atom. The number of nitrogens with zero attached hydrogens (tertiary/aromatic N) is 1. The standard InChI is InChI=1S/C15H22N2O5/c1-5-12-9(2)8-13(22-12)14(19)17(10(3)15(20)21)7-6-16-11(4)18/h8,10H,5-7H2,1-4H3,(H,16,18)(H,20,21). The molecule has 0 aromatic carbocycles. The topological polar surface area (TPSA) is 99.9 Å². The van der Waals surface area contributed by atoms with E-state index in [0.717, 1.165) is 5.56 Å². The molecule has 0 radical (unpaired) electrons. The maximum Gasteiger partial charge on any atom is 0.326 e. The highest BCUT2D eigenvalue weighted by Crippen LogP contribution is 2.18. The summed E-state index contributed by atoms with van der Waals surface area (Å²) < 4.78 is 5.49. The molecule has 22 heavy (non-hydrogen) atoms. The molecule has 0 aliphatic carbocycles. The smallest absolute Gasteiger partial charge is 0.326 e. The summed E-state index contributed by atoms with van der Waals surface area (Å²) in [5.41, 5.74) is 0.857. The maximum atomic E-state index is 12.5. The van der Waals surface area contributed by atoms with Crippen LogP contribution in [0.5, 0.6) is 0 Å². The molecule has 1 unspecified atom stereocenters. The monoisotopic (exact) mass is 310 g/mol. The van der Waals surface area contributed by atoms with Crippen molar-refractivity contribution < 1.29 is 23.9 Å². The van der Waals surface area contributed by atoms with E-state index in [2.05, 4.69) is 5.32 Å². The van der Waals surface area contributed by atoms with E-state index in [0.29, 0.717) is 12.2 Å². The Balaban J connectivity index is 2.95. The molecule has 1 atom stereocenters. The minimum absolute atomic E-state index is 0.0904. The van der Waals surface area contributed by atoms with E-state index < -0.39 is 17.9 Å². The second-order valence-corrected chi connectivity index (χ2v) is 5.07. The van der Waals surface area contributed by atoms with Crippen molar-refractivity contribution in [2.75, 3.05) is 13.1 Å². The number of aryl methyl sites for hydroxylation is 2. The number of carbonyl (C=O) groups is 3. The molecule has 0 fully saturated rings. The number of carboxylic acids is 1. The van der Waals surface area contributed by atoms with Crippen molar-refractivity contribution in [3.8, 4) is 0 Å². The number of amides is 2. The van der Waals surface area contributed by atoms with Crippen molar-refractivity contribution in [1.29, 1.82) is 0 Å². The van der Waals surface area contributed by atoms with Gasteiger partial charge in [-0.3, -0.25) is 9.59 Å². The third-order valence-electron chi connectivity index (χ3n) is 3.36. The first kappa shape index (κ1) is 17.7. The molecule has 7 heteroatoms. The molecule has 2 amide bonds. The first-order chi connectivity index (χ1) is 10.3. The summed E-state index contributed by atoms with van der Waals surface area (Å²) in [6.07, 6.45) is 0.652. The Labute approximate surface area is 129 Å². The van der Waals surface area contributed by atoms with E-state index in [1.165, 1.54) is 18.7 Å². The molecule has 0 aliphatic heterocycles. The molecule has 1 rings (SSSR count). The Hall–Kier alpha value is -2.31. The van der Waals surface area contributed by atoms with Gasteiger partial charge in [0, 0.05) is 26.4 Å². The van der Waals surface area contributed by atoms with Crippen LogP contribution in [0.15, 0.2) is 10.5 Å². The Morgan fingerprint density at radius 3 is 2.50 bits per heavy atom. The number of rotatable bonds is 7. The first-order valence-electron chi connectivity index (χ1n) is 7.15. The van der Waals surface area contributed by atoms with Gasteiger partial charge in [0.05, 0.1) is 0 Å². The zero-order valence-electron chi connectivity index (χ0n) is 13.3. The number of carboxylic acid groups (broad SMARTS) is 1. The fourth-order valence-electron chi connectivity index (χ4n) is 2.07. The van der Waals surface area contributed by atoms with Gasteiger partial charge in [-0.2, -0.15) is 0 Å². The van der Waals surface area contributed by atoms with Gasteiger partial charge in [0.2, 0.25) is 5.91 Å². The average Bonchev–Trinajstić information content (AvgIpc) is 2.83. The van der Waals surface area contributed by atoms with Crippen molar-refractivity contribution >= 4 is 17.8 Å². The normalized spacial score (nSPS) is 11.8. The van der Waals surface area contributed by atoms with Gasteiger partial charge in [-0.1, -0.05) is 6.92 Å². The second kappa shape index (κ2) is 7.63. The van der Waals surface area contributed by atoms with Crippen molar-refractivity contribution in [3.05, 3.63) is 23.2 Å². The number of hydrogen-bond acceptors (Lipinski definition) is 4. The summed E-state index contributed by atoms with van der Waals surface area (Å²) in [5, 5.41) is 11.7. The quantitative estimate of drug-likeness (QED) is 0.788. The highest BCUT2D eigenvalue weighted by Gasteiger charge is 2.28. The van der Waals surface area contributed by atoms with E-state index >= 15 is 0 Å². The zero-order valence-corrected chi connectivity index (χ0v) is 13.3. The van der Waals surface area contributed by atoms with Crippen molar-refractivity contribution in [2.45, 2.75) is 40.2 Å². The zero-order chi connectivity index (χ0) is 16.9. The molecule has 0 saturated carbocycles. The Morgan fingerprint density at radius 1 is 1.41 bits per heavy atom. The van der Waals surface area contributed by atoms with E-state index in [9.17, 15) is 14.4 Å². The van der Waals surface area contributed by atoms with Crippen LogP contribution >= 0.6 is 0 Å². The van der Waals surface area contributed by atoms with E-state index in [1.807, 2.05) is 13.8 Å². The van der Waals surface area contributed by atoms with Crippen LogP contribution < -0.4 is 5.32 Å². The third-order valence-corrected chi connectivity index (χ3v) is 3.36. The minimum atomic E-state index is -1.12. The molecule has 1 heterocycles. The van der Waals surface area contributed by atoms with Crippen LogP contribution in [0.3, 0.4) is 0 Å². The van der Waals surface area contributed by atoms with Crippen LogP contribution in [-0.2, 0) is 16.0 Å². The summed E-state index contributed by atoms with van der Waals surface area (Å²) in [5.74, 6) is -1.03. The summed E-state index contributed by atoms with van der Waals surface area (Å²) in [7, 11) is 0. The molecule has 1 aromatic heterocycles. The lowest BCUT2D eigenvalue weighted by Gasteiger charge is -2.25. The lowest BCUT2D eigenvalue weighted by molar-refractivity contribution is -0.141. The molecule has 0 spiro atoms. The molecule has 0 saturated heterocycles. The molecule has 122 valence electrons. The lowest BCUT2D eigenvalue weighted by Crippen LogP contribution is -2.46. The van der Waals surface area contributed by atoms with Gasteiger partial charge >= 0.3 is 5.97 Å².